The molecule has 126 valence electrons. The van der Waals surface area contributed by atoms with E-state index in [9.17, 15) is 12.8 Å². The van der Waals surface area contributed by atoms with E-state index in [0.29, 0.717) is 23.6 Å². The summed E-state index contributed by atoms with van der Waals surface area (Å²) in [4.78, 5) is 0. The van der Waals surface area contributed by atoms with Gasteiger partial charge in [0.25, 0.3) is 10.0 Å². The first-order chi connectivity index (χ1) is 11.4. The number of anilines is 1. The monoisotopic (exact) mass is 365 g/mol. The van der Waals surface area contributed by atoms with Crippen LogP contribution in [0.15, 0.2) is 46.0 Å². The van der Waals surface area contributed by atoms with Crippen LogP contribution in [-0.4, -0.2) is 18.2 Å². The van der Waals surface area contributed by atoms with Crippen LogP contribution in [0.2, 0.25) is 0 Å². The molecule has 0 bridgehead atoms. The molecule has 0 fully saturated rings. The van der Waals surface area contributed by atoms with Gasteiger partial charge in [-0.2, -0.15) is 5.10 Å². The van der Waals surface area contributed by atoms with Gasteiger partial charge < -0.3 is 0 Å². The molecule has 0 radical (unpaired) electrons. The van der Waals surface area contributed by atoms with Gasteiger partial charge >= 0.3 is 0 Å². The Balaban J connectivity index is 1.88. The van der Waals surface area contributed by atoms with Crippen LogP contribution >= 0.6 is 11.3 Å². The van der Waals surface area contributed by atoms with E-state index < -0.39 is 10.0 Å². The van der Waals surface area contributed by atoms with Crippen molar-refractivity contribution >= 4 is 27.0 Å². The van der Waals surface area contributed by atoms with Crippen LogP contribution in [0.4, 0.5) is 10.1 Å². The summed E-state index contributed by atoms with van der Waals surface area (Å²) in [6, 6.07) is 9.39. The molecule has 3 rings (SSSR count). The number of hydrogen-bond donors (Lipinski definition) is 1. The van der Waals surface area contributed by atoms with Gasteiger partial charge in [-0.05, 0) is 43.0 Å². The third-order valence-electron chi connectivity index (χ3n) is 3.62. The highest BCUT2D eigenvalue weighted by Crippen LogP contribution is 2.25. The molecule has 2 aromatic heterocycles. The molecule has 0 saturated carbocycles. The van der Waals surface area contributed by atoms with Gasteiger partial charge in [0.15, 0.2) is 0 Å². The minimum absolute atomic E-state index is 0.257. The summed E-state index contributed by atoms with van der Waals surface area (Å²) >= 11 is 1.16. The normalized spacial score (nSPS) is 11.6. The van der Waals surface area contributed by atoms with Crippen LogP contribution in [0.3, 0.4) is 0 Å². The summed E-state index contributed by atoms with van der Waals surface area (Å²) in [5, 5.41) is 6.11. The van der Waals surface area contributed by atoms with Crippen molar-refractivity contribution in [2.75, 3.05) is 4.72 Å². The Hall–Kier alpha value is -2.19. The zero-order valence-corrected chi connectivity index (χ0v) is 14.8. The Bertz CT molecular complexity index is 946. The molecule has 24 heavy (non-hydrogen) atoms. The summed E-state index contributed by atoms with van der Waals surface area (Å²) in [6.07, 6.45) is 0. The molecular formula is C16H16FN3O2S2. The van der Waals surface area contributed by atoms with Gasteiger partial charge in [-0.3, -0.25) is 9.40 Å². The van der Waals surface area contributed by atoms with Crippen molar-refractivity contribution in [2.45, 2.75) is 24.6 Å². The fourth-order valence-corrected chi connectivity index (χ4v) is 4.53. The van der Waals surface area contributed by atoms with Crippen molar-refractivity contribution < 1.29 is 12.8 Å². The maximum Gasteiger partial charge on any atom is 0.271 e. The molecule has 0 spiro atoms. The van der Waals surface area contributed by atoms with Crippen LogP contribution in [0.1, 0.15) is 17.0 Å². The molecule has 8 heteroatoms. The Morgan fingerprint density at radius 3 is 2.54 bits per heavy atom. The SMILES string of the molecule is Cc1nn(Cc2ccc(F)cc2)c(C)c1NS(=O)(=O)c1cccs1. The van der Waals surface area contributed by atoms with E-state index in [-0.39, 0.29) is 10.0 Å². The van der Waals surface area contributed by atoms with E-state index in [1.807, 2.05) is 0 Å². The molecule has 0 aliphatic carbocycles. The third kappa shape index (κ3) is 3.34. The second-order valence-electron chi connectivity index (χ2n) is 5.37. The Labute approximate surface area is 143 Å². The topological polar surface area (TPSA) is 64.0 Å². The lowest BCUT2D eigenvalue weighted by Crippen LogP contribution is -2.13. The summed E-state index contributed by atoms with van der Waals surface area (Å²) < 4.78 is 42.4. The van der Waals surface area contributed by atoms with Gasteiger partial charge in [0.1, 0.15) is 10.0 Å². The highest BCUT2D eigenvalue weighted by atomic mass is 32.2. The van der Waals surface area contributed by atoms with Crippen molar-refractivity contribution in [3.05, 3.63) is 64.5 Å². The van der Waals surface area contributed by atoms with Crippen molar-refractivity contribution in [3.63, 3.8) is 0 Å². The Morgan fingerprint density at radius 2 is 1.92 bits per heavy atom. The minimum atomic E-state index is -3.61. The van der Waals surface area contributed by atoms with Crippen molar-refractivity contribution in [2.24, 2.45) is 0 Å². The van der Waals surface area contributed by atoms with Gasteiger partial charge in [0.2, 0.25) is 0 Å². The highest BCUT2D eigenvalue weighted by Gasteiger charge is 2.20. The van der Waals surface area contributed by atoms with Gasteiger partial charge in [0, 0.05) is 0 Å². The lowest BCUT2D eigenvalue weighted by molar-refractivity contribution is 0.603. The smallest absolute Gasteiger partial charge is 0.271 e. The summed E-state index contributed by atoms with van der Waals surface area (Å²) in [7, 11) is -3.61. The predicted octanol–water partition coefficient (Wildman–Crippen LogP) is 3.55. The molecule has 1 N–H and O–H groups in total. The van der Waals surface area contributed by atoms with E-state index in [4.69, 9.17) is 0 Å². The van der Waals surface area contributed by atoms with E-state index in [1.54, 1.807) is 48.2 Å². The number of nitrogens with zero attached hydrogens (tertiary/aromatic N) is 2. The molecule has 2 heterocycles. The molecule has 3 aromatic rings. The van der Waals surface area contributed by atoms with Crippen molar-refractivity contribution in [1.82, 2.24) is 9.78 Å². The van der Waals surface area contributed by atoms with Gasteiger partial charge in [0.05, 0.1) is 23.6 Å². The molecule has 1 aromatic carbocycles. The lowest BCUT2D eigenvalue weighted by Gasteiger charge is -2.08. The van der Waals surface area contributed by atoms with E-state index in [0.717, 1.165) is 16.9 Å². The number of aromatic nitrogens is 2. The second kappa shape index (κ2) is 6.37. The van der Waals surface area contributed by atoms with Gasteiger partial charge in [-0.1, -0.05) is 18.2 Å². The largest absolute Gasteiger partial charge is 0.275 e. The summed E-state index contributed by atoms with van der Waals surface area (Å²) in [6.45, 7) is 3.99. The number of sulfonamides is 1. The lowest BCUT2D eigenvalue weighted by atomic mass is 10.2. The first-order valence-corrected chi connectivity index (χ1v) is 9.58. The Kier molecular flexibility index (Phi) is 4.42. The van der Waals surface area contributed by atoms with E-state index in [1.165, 1.54) is 12.1 Å². The quantitative estimate of drug-likeness (QED) is 0.752. The van der Waals surface area contributed by atoms with Crippen LogP contribution in [0.25, 0.3) is 0 Å². The maximum absolute atomic E-state index is 13.0. The molecule has 0 saturated heterocycles. The molecule has 5 nitrogen and oxygen atoms in total. The minimum Gasteiger partial charge on any atom is -0.275 e. The number of halogens is 1. The van der Waals surface area contributed by atoms with Crippen LogP contribution in [0.5, 0.6) is 0 Å². The molecule has 0 atom stereocenters. The van der Waals surface area contributed by atoms with Crippen molar-refractivity contribution in [3.8, 4) is 0 Å². The van der Waals surface area contributed by atoms with E-state index in [2.05, 4.69) is 9.82 Å². The fraction of sp³-hybridized carbons (Fsp3) is 0.188. The number of benzene rings is 1. The van der Waals surface area contributed by atoms with Crippen LogP contribution in [-0.2, 0) is 16.6 Å². The van der Waals surface area contributed by atoms with Gasteiger partial charge in [-0.25, -0.2) is 12.8 Å². The van der Waals surface area contributed by atoms with Crippen LogP contribution < -0.4 is 4.72 Å². The maximum atomic E-state index is 13.0. The summed E-state index contributed by atoms with van der Waals surface area (Å²) in [5.74, 6) is -0.295. The average Bonchev–Trinajstić information content (AvgIpc) is 3.15. The molecular weight excluding hydrogens is 349 g/mol. The molecule has 0 aliphatic heterocycles. The van der Waals surface area contributed by atoms with E-state index >= 15 is 0 Å². The molecule has 0 unspecified atom stereocenters. The number of rotatable bonds is 5. The van der Waals surface area contributed by atoms with Crippen LogP contribution in [0, 0.1) is 19.7 Å². The predicted molar refractivity (Wildman–Crippen MR) is 92.3 cm³/mol. The zero-order valence-electron chi connectivity index (χ0n) is 13.2. The molecule has 0 amide bonds. The van der Waals surface area contributed by atoms with Crippen molar-refractivity contribution in [1.29, 1.82) is 0 Å². The molecule has 0 aliphatic rings. The number of nitrogens with one attached hydrogen (secondary N) is 1. The first-order valence-electron chi connectivity index (χ1n) is 7.21. The first kappa shape index (κ1) is 16.7. The highest BCUT2D eigenvalue weighted by molar-refractivity contribution is 7.94. The Morgan fingerprint density at radius 1 is 1.21 bits per heavy atom. The second-order valence-corrected chi connectivity index (χ2v) is 8.22. The third-order valence-corrected chi connectivity index (χ3v) is 6.37. The number of aryl methyl sites for hydroxylation is 1. The number of thiophene rings is 1. The number of hydrogen-bond acceptors (Lipinski definition) is 4. The zero-order chi connectivity index (χ0) is 17.3. The fourth-order valence-electron chi connectivity index (χ4n) is 2.36. The standard InChI is InChI=1S/C16H16FN3O2S2/c1-11-16(19-24(21,22)15-4-3-9-23-15)12(2)20(18-11)10-13-5-7-14(17)8-6-13/h3-9,19H,10H2,1-2H3. The average molecular weight is 365 g/mol. The van der Waals surface area contributed by atoms with Gasteiger partial charge in [-0.15, -0.1) is 11.3 Å². The summed E-state index contributed by atoms with van der Waals surface area (Å²) in [5.41, 5.74) is 2.66.